The highest BCUT2D eigenvalue weighted by Gasteiger charge is 2.40. The number of dihydropyridines is 1. The number of rotatable bonds is 5. The topological polar surface area (TPSA) is 94.1 Å². The van der Waals surface area contributed by atoms with E-state index >= 15 is 0 Å². The number of Topliss-reactive ketones (excluding diaryl/α,β-unsaturated/α-hetero) is 1. The van der Waals surface area contributed by atoms with Crippen molar-refractivity contribution in [3.63, 3.8) is 0 Å². The number of phenols is 1. The molecule has 1 aliphatic heterocycles. The van der Waals surface area contributed by atoms with Gasteiger partial charge in [-0.25, -0.2) is 4.79 Å². The number of aromatic hydroxyl groups is 1. The van der Waals surface area contributed by atoms with Crippen LogP contribution in [-0.2, 0) is 14.3 Å². The minimum atomic E-state index is -0.610. The van der Waals surface area contributed by atoms with E-state index in [4.69, 9.17) is 14.2 Å². The maximum Gasteiger partial charge on any atom is 0.337 e. The number of benzene rings is 1. The summed E-state index contributed by atoms with van der Waals surface area (Å²) in [5.41, 5.74) is 3.20. The third-order valence-corrected chi connectivity index (χ3v) is 6.41. The van der Waals surface area contributed by atoms with E-state index in [0.717, 1.165) is 44.2 Å². The number of ketones is 1. The first kappa shape index (κ1) is 21.3. The minimum absolute atomic E-state index is 0.0171. The van der Waals surface area contributed by atoms with Crippen molar-refractivity contribution in [2.24, 2.45) is 0 Å². The van der Waals surface area contributed by atoms with Gasteiger partial charge in [0.15, 0.2) is 17.3 Å². The number of carbonyl (C=O) groups excluding carboxylic acids is 2. The van der Waals surface area contributed by atoms with Gasteiger partial charge in [0.25, 0.3) is 0 Å². The zero-order chi connectivity index (χ0) is 22.1. The van der Waals surface area contributed by atoms with Crippen molar-refractivity contribution in [1.82, 2.24) is 5.32 Å². The van der Waals surface area contributed by atoms with Crippen LogP contribution in [0.3, 0.4) is 0 Å². The molecule has 0 bridgehead atoms. The zero-order valence-corrected chi connectivity index (χ0v) is 18.2. The Bertz CT molecular complexity index is 945. The summed E-state index contributed by atoms with van der Waals surface area (Å²) in [6, 6.07) is 3.33. The smallest absolute Gasteiger partial charge is 0.337 e. The van der Waals surface area contributed by atoms with E-state index < -0.39 is 11.9 Å². The summed E-state index contributed by atoms with van der Waals surface area (Å²) < 4.78 is 16.5. The number of nitrogens with one attached hydrogen (secondary N) is 1. The molecule has 2 aliphatic carbocycles. The maximum absolute atomic E-state index is 13.3. The first-order valence-electron chi connectivity index (χ1n) is 10.8. The Morgan fingerprint density at radius 3 is 2.32 bits per heavy atom. The van der Waals surface area contributed by atoms with Crippen LogP contribution in [0.25, 0.3) is 0 Å². The Morgan fingerprint density at radius 1 is 1.06 bits per heavy atom. The van der Waals surface area contributed by atoms with Crippen LogP contribution < -0.4 is 14.8 Å². The molecular weight excluding hydrogens is 398 g/mol. The normalized spacial score (nSPS) is 21.6. The van der Waals surface area contributed by atoms with Crippen LogP contribution in [0.5, 0.6) is 17.2 Å². The molecule has 0 aromatic heterocycles. The van der Waals surface area contributed by atoms with Crippen LogP contribution in [0.2, 0.25) is 0 Å². The molecule has 1 aromatic rings. The van der Waals surface area contributed by atoms with Gasteiger partial charge in [-0.1, -0.05) is 0 Å². The number of hydrogen-bond donors (Lipinski definition) is 2. The number of methoxy groups -OCH3 is 2. The van der Waals surface area contributed by atoms with Crippen LogP contribution in [0.1, 0.15) is 63.4 Å². The molecule has 0 radical (unpaired) electrons. The Hall–Kier alpha value is -2.96. The highest BCUT2D eigenvalue weighted by atomic mass is 16.5. The fraction of sp³-hybridized carbons (Fsp3) is 0.500. The van der Waals surface area contributed by atoms with E-state index in [2.05, 4.69) is 5.32 Å². The molecule has 3 aliphatic rings. The van der Waals surface area contributed by atoms with E-state index in [0.29, 0.717) is 28.8 Å². The van der Waals surface area contributed by atoms with Gasteiger partial charge < -0.3 is 24.6 Å². The van der Waals surface area contributed by atoms with Gasteiger partial charge in [0.2, 0.25) is 5.75 Å². The quantitative estimate of drug-likeness (QED) is 0.689. The molecule has 0 saturated heterocycles. The van der Waals surface area contributed by atoms with Crippen molar-refractivity contribution in [3.05, 3.63) is 40.2 Å². The monoisotopic (exact) mass is 427 g/mol. The molecule has 1 atom stereocenters. The molecule has 2 N–H and O–H groups in total. The second kappa shape index (κ2) is 8.65. The van der Waals surface area contributed by atoms with Crippen LogP contribution >= 0.6 is 0 Å². The molecule has 1 saturated carbocycles. The predicted octanol–water partition coefficient (Wildman–Crippen LogP) is 3.86. The maximum atomic E-state index is 13.3. The first-order chi connectivity index (χ1) is 14.9. The third-order valence-electron chi connectivity index (χ3n) is 6.41. The van der Waals surface area contributed by atoms with Crippen molar-refractivity contribution in [2.45, 2.75) is 63.9 Å². The molecule has 1 fully saturated rings. The Kier molecular flexibility index (Phi) is 5.94. The lowest BCUT2D eigenvalue weighted by Crippen LogP contribution is -2.35. The van der Waals surface area contributed by atoms with Crippen molar-refractivity contribution >= 4 is 11.8 Å². The fourth-order valence-corrected chi connectivity index (χ4v) is 4.89. The molecule has 166 valence electrons. The van der Waals surface area contributed by atoms with Crippen LogP contribution in [0.15, 0.2) is 34.7 Å². The van der Waals surface area contributed by atoms with E-state index in [1.807, 2.05) is 6.92 Å². The predicted molar refractivity (Wildman–Crippen MR) is 114 cm³/mol. The first-order valence-corrected chi connectivity index (χ1v) is 10.8. The number of phenolic OH excluding ortho intramolecular Hbond substituents is 1. The lowest BCUT2D eigenvalue weighted by Gasteiger charge is -2.34. The highest BCUT2D eigenvalue weighted by Crippen LogP contribution is 2.47. The summed E-state index contributed by atoms with van der Waals surface area (Å²) >= 11 is 0. The van der Waals surface area contributed by atoms with E-state index in [1.54, 1.807) is 12.1 Å². The van der Waals surface area contributed by atoms with Gasteiger partial charge in [-0.2, -0.15) is 0 Å². The van der Waals surface area contributed by atoms with Gasteiger partial charge in [-0.3, -0.25) is 4.79 Å². The molecule has 0 amide bonds. The Labute approximate surface area is 182 Å². The molecule has 4 rings (SSSR count). The number of hydrogen-bond acceptors (Lipinski definition) is 7. The number of ether oxygens (including phenoxy) is 3. The molecule has 0 unspecified atom stereocenters. The summed E-state index contributed by atoms with van der Waals surface area (Å²) in [7, 11) is 2.90. The van der Waals surface area contributed by atoms with E-state index in [1.165, 1.54) is 14.2 Å². The highest BCUT2D eigenvalue weighted by molar-refractivity contribution is 6.03. The molecule has 7 nitrogen and oxygen atoms in total. The number of carbonyl (C=O) groups is 2. The second-order valence-electron chi connectivity index (χ2n) is 8.35. The van der Waals surface area contributed by atoms with Crippen LogP contribution in [0.4, 0.5) is 0 Å². The van der Waals surface area contributed by atoms with Gasteiger partial charge >= 0.3 is 5.97 Å². The SMILES string of the molecule is COc1cc([C@H]2C(C(=O)OC3CCCC3)=C(C)NC3=C2C(=O)CCC3)cc(OC)c1O. The summed E-state index contributed by atoms with van der Waals surface area (Å²) in [5.74, 6) is -0.677. The second-order valence-corrected chi connectivity index (χ2v) is 8.35. The molecule has 1 aromatic carbocycles. The summed E-state index contributed by atoms with van der Waals surface area (Å²) in [6.07, 6.45) is 5.70. The van der Waals surface area contributed by atoms with Crippen LogP contribution in [0, 0.1) is 0 Å². The summed E-state index contributed by atoms with van der Waals surface area (Å²) in [5, 5.41) is 13.7. The average Bonchev–Trinajstić information content (AvgIpc) is 3.26. The molecule has 31 heavy (non-hydrogen) atoms. The number of esters is 1. The fourth-order valence-electron chi connectivity index (χ4n) is 4.89. The lowest BCUT2D eigenvalue weighted by molar-refractivity contribution is -0.144. The standard InChI is InChI=1S/C24H29NO6/c1-13-20(24(28)31-15-7-4-5-8-15)21(22-16(25-13)9-6-10-17(22)26)14-11-18(29-2)23(27)19(12-14)30-3/h11-12,15,21,25,27H,4-10H2,1-3H3/t21-/m0/s1. The Morgan fingerprint density at radius 2 is 1.71 bits per heavy atom. The van der Waals surface area contributed by atoms with Gasteiger partial charge in [-0.05, 0) is 63.1 Å². The van der Waals surface area contributed by atoms with E-state index in [9.17, 15) is 14.7 Å². The van der Waals surface area contributed by atoms with Gasteiger partial charge in [0.05, 0.1) is 19.8 Å². The van der Waals surface area contributed by atoms with Crippen LogP contribution in [-0.4, -0.2) is 37.2 Å². The van der Waals surface area contributed by atoms with Crippen molar-refractivity contribution in [3.8, 4) is 17.2 Å². The summed E-state index contributed by atoms with van der Waals surface area (Å²) in [4.78, 5) is 26.4. The lowest BCUT2D eigenvalue weighted by atomic mass is 9.75. The molecule has 0 spiro atoms. The number of allylic oxidation sites excluding steroid dienone is 3. The zero-order valence-electron chi connectivity index (χ0n) is 18.2. The third kappa shape index (κ3) is 3.89. The molecular formula is C24H29NO6. The van der Waals surface area contributed by atoms with Crippen molar-refractivity contribution in [1.29, 1.82) is 0 Å². The Balaban J connectivity index is 1.84. The average molecular weight is 427 g/mol. The largest absolute Gasteiger partial charge is 0.502 e. The minimum Gasteiger partial charge on any atom is -0.502 e. The van der Waals surface area contributed by atoms with Gasteiger partial charge in [0, 0.05) is 29.3 Å². The van der Waals surface area contributed by atoms with Crippen molar-refractivity contribution in [2.75, 3.05) is 14.2 Å². The van der Waals surface area contributed by atoms with Crippen molar-refractivity contribution < 1.29 is 28.9 Å². The van der Waals surface area contributed by atoms with Gasteiger partial charge in [0.1, 0.15) is 6.10 Å². The molecule has 1 heterocycles. The van der Waals surface area contributed by atoms with E-state index in [-0.39, 0.29) is 29.1 Å². The molecule has 7 heteroatoms. The summed E-state index contributed by atoms with van der Waals surface area (Å²) in [6.45, 7) is 1.84. The van der Waals surface area contributed by atoms with Gasteiger partial charge in [-0.15, -0.1) is 0 Å².